The number of H-pyrrole nitrogens is 1. The van der Waals surface area contributed by atoms with Crippen LogP contribution in [0.2, 0.25) is 0 Å². The molecule has 0 fully saturated rings. The van der Waals surface area contributed by atoms with Crippen LogP contribution in [-0.2, 0) is 6.54 Å². The number of likely N-dealkylation sites (N-methyl/N-ethyl adjacent to an activating group) is 1. The maximum absolute atomic E-state index is 4.32. The first kappa shape index (κ1) is 14.3. The summed E-state index contributed by atoms with van der Waals surface area (Å²) >= 11 is 1.81. The minimum atomic E-state index is 0.410. The van der Waals surface area contributed by atoms with Gasteiger partial charge in [0.2, 0.25) is 0 Å². The lowest BCUT2D eigenvalue weighted by molar-refractivity contribution is 0.292. The van der Waals surface area contributed by atoms with Crippen molar-refractivity contribution in [2.24, 2.45) is 0 Å². The van der Waals surface area contributed by atoms with Gasteiger partial charge in [0.15, 0.2) is 0 Å². The minimum absolute atomic E-state index is 0.410. The molecule has 5 heteroatoms. The molecule has 3 aromatic rings. The molecule has 1 unspecified atom stereocenters. The number of nitrogens with one attached hydrogen (secondary N) is 2. The number of thiophene rings is 1. The predicted molar refractivity (Wildman–Crippen MR) is 88.5 cm³/mol. The molecule has 0 spiro atoms. The summed E-state index contributed by atoms with van der Waals surface area (Å²) in [5.74, 6) is 0. The van der Waals surface area contributed by atoms with E-state index in [1.807, 2.05) is 29.8 Å². The fourth-order valence-corrected chi connectivity index (χ4v) is 3.44. The third kappa shape index (κ3) is 3.15. The van der Waals surface area contributed by atoms with Crippen molar-refractivity contribution in [2.75, 3.05) is 20.6 Å². The van der Waals surface area contributed by atoms with E-state index in [1.165, 1.54) is 15.8 Å². The van der Waals surface area contributed by atoms with Crippen molar-refractivity contribution in [3.63, 3.8) is 0 Å². The fourth-order valence-electron chi connectivity index (χ4n) is 2.52. The highest BCUT2D eigenvalue weighted by Crippen LogP contribution is 2.22. The zero-order valence-corrected chi connectivity index (χ0v) is 13.2. The van der Waals surface area contributed by atoms with Gasteiger partial charge in [-0.25, -0.2) is 4.98 Å². The second kappa shape index (κ2) is 6.39. The lowest BCUT2D eigenvalue weighted by Gasteiger charge is -2.23. The van der Waals surface area contributed by atoms with Crippen molar-refractivity contribution in [2.45, 2.75) is 12.6 Å². The molecule has 0 saturated carbocycles. The van der Waals surface area contributed by atoms with Crippen LogP contribution >= 0.6 is 11.3 Å². The summed E-state index contributed by atoms with van der Waals surface area (Å²) in [5.41, 5.74) is 2.22. The Bertz CT molecular complexity index is 687. The third-order valence-electron chi connectivity index (χ3n) is 3.68. The second-order valence-corrected chi connectivity index (χ2v) is 6.32. The van der Waals surface area contributed by atoms with E-state index in [1.54, 1.807) is 0 Å². The molecular weight excluding hydrogens is 280 g/mol. The van der Waals surface area contributed by atoms with Crippen molar-refractivity contribution >= 4 is 22.4 Å². The molecule has 3 heterocycles. The van der Waals surface area contributed by atoms with Gasteiger partial charge in [-0.15, -0.1) is 11.3 Å². The van der Waals surface area contributed by atoms with Gasteiger partial charge in [-0.2, -0.15) is 0 Å². The molecule has 0 aliphatic rings. The standard InChI is InChI=1S/C16H20N4S/c1-20(2)14(15-6-4-8-21-15)11-17-9-12-10-19-16-13(12)5-3-7-18-16/h3-8,10,14,17H,9,11H2,1-2H3,(H,18,19). The number of pyridine rings is 1. The lowest BCUT2D eigenvalue weighted by Crippen LogP contribution is -2.30. The molecule has 21 heavy (non-hydrogen) atoms. The van der Waals surface area contributed by atoms with Crippen molar-refractivity contribution in [1.82, 2.24) is 20.2 Å². The Hall–Kier alpha value is -1.69. The lowest BCUT2D eigenvalue weighted by atomic mass is 10.2. The Morgan fingerprint density at radius 3 is 3.00 bits per heavy atom. The van der Waals surface area contributed by atoms with E-state index in [0.717, 1.165) is 18.7 Å². The summed E-state index contributed by atoms with van der Waals surface area (Å²) < 4.78 is 0. The van der Waals surface area contributed by atoms with Gasteiger partial charge in [0.25, 0.3) is 0 Å². The van der Waals surface area contributed by atoms with Gasteiger partial charge in [-0.1, -0.05) is 6.07 Å². The van der Waals surface area contributed by atoms with Gasteiger partial charge in [0.05, 0.1) is 6.04 Å². The Labute approximate surface area is 128 Å². The average Bonchev–Trinajstić information content (AvgIpc) is 3.13. The van der Waals surface area contributed by atoms with Crippen molar-refractivity contribution in [1.29, 1.82) is 0 Å². The highest BCUT2D eigenvalue weighted by molar-refractivity contribution is 7.10. The SMILES string of the molecule is CN(C)C(CNCc1c[nH]c2ncccc12)c1cccs1. The van der Waals surface area contributed by atoms with Crippen molar-refractivity contribution < 1.29 is 0 Å². The first-order valence-corrected chi connectivity index (χ1v) is 7.95. The van der Waals surface area contributed by atoms with Crippen LogP contribution < -0.4 is 5.32 Å². The molecular formula is C16H20N4S. The molecule has 3 rings (SSSR count). The molecule has 0 saturated heterocycles. The maximum atomic E-state index is 4.32. The molecule has 0 aromatic carbocycles. The average molecular weight is 300 g/mol. The van der Waals surface area contributed by atoms with Crippen LogP contribution in [0.1, 0.15) is 16.5 Å². The van der Waals surface area contributed by atoms with Crippen LogP contribution in [0.15, 0.2) is 42.0 Å². The van der Waals surface area contributed by atoms with Crippen molar-refractivity contribution in [3.8, 4) is 0 Å². The first-order valence-electron chi connectivity index (χ1n) is 7.07. The quantitative estimate of drug-likeness (QED) is 0.735. The summed E-state index contributed by atoms with van der Waals surface area (Å²) in [5, 5.41) is 6.90. The molecule has 0 amide bonds. The zero-order chi connectivity index (χ0) is 14.7. The highest BCUT2D eigenvalue weighted by Gasteiger charge is 2.14. The number of nitrogens with zero attached hydrogens (tertiary/aromatic N) is 2. The van der Waals surface area contributed by atoms with E-state index in [4.69, 9.17) is 0 Å². The van der Waals surface area contributed by atoms with E-state index >= 15 is 0 Å². The second-order valence-electron chi connectivity index (χ2n) is 5.34. The summed E-state index contributed by atoms with van der Waals surface area (Å²) in [6.07, 6.45) is 3.86. The minimum Gasteiger partial charge on any atom is -0.346 e. The van der Waals surface area contributed by atoms with E-state index in [-0.39, 0.29) is 0 Å². The Morgan fingerprint density at radius 1 is 1.33 bits per heavy atom. The van der Waals surface area contributed by atoms with Gasteiger partial charge in [0.1, 0.15) is 5.65 Å². The molecule has 1 atom stereocenters. The van der Waals surface area contributed by atoms with Crippen LogP contribution in [-0.4, -0.2) is 35.5 Å². The maximum Gasteiger partial charge on any atom is 0.137 e. The van der Waals surface area contributed by atoms with Gasteiger partial charge < -0.3 is 15.2 Å². The monoisotopic (exact) mass is 300 g/mol. The van der Waals surface area contributed by atoms with Gasteiger partial charge in [0, 0.05) is 35.7 Å². The number of hydrogen-bond donors (Lipinski definition) is 2. The fraction of sp³-hybridized carbons (Fsp3) is 0.312. The van der Waals surface area contributed by atoms with E-state index in [9.17, 15) is 0 Å². The number of fused-ring (bicyclic) bond motifs is 1. The molecule has 3 aromatic heterocycles. The number of rotatable bonds is 6. The smallest absolute Gasteiger partial charge is 0.137 e. The molecule has 2 N–H and O–H groups in total. The largest absolute Gasteiger partial charge is 0.346 e. The number of aromatic amines is 1. The molecule has 0 radical (unpaired) electrons. The van der Waals surface area contributed by atoms with Crippen LogP contribution in [0.3, 0.4) is 0 Å². The van der Waals surface area contributed by atoms with Crippen LogP contribution in [0.5, 0.6) is 0 Å². The van der Waals surface area contributed by atoms with Crippen LogP contribution in [0.25, 0.3) is 11.0 Å². The number of aromatic nitrogens is 2. The van der Waals surface area contributed by atoms with Crippen LogP contribution in [0.4, 0.5) is 0 Å². The van der Waals surface area contributed by atoms with E-state index in [0.29, 0.717) is 6.04 Å². The molecule has 4 nitrogen and oxygen atoms in total. The summed E-state index contributed by atoms with van der Waals surface area (Å²) in [6.45, 7) is 1.78. The highest BCUT2D eigenvalue weighted by atomic mass is 32.1. The van der Waals surface area contributed by atoms with E-state index < -0.39 is 0 Å². The molecule has 0 bridgehead atoms. The van der Waals surface area contributed by atoms with Gasteiger partial charge in [-0.05, 0) is 43.2 Å². The predicted octanol–water partition coefficient (Wildman–Crippen LogP) is 3.02. The Balaban J connectivity index is 1.65. The Morgan fingerprint density at radius 2 is 2.24 bits per heavy atom. The summed E-state index contributed by atoms with van der Waals surface area (Å²) in [7, 11) is 4.25. The van der Waals surface area contributed by atoms with Crippen LogP contribution in [0, 0.1) is 0 Å². The topological polar surface area (TPSA) is 44.0 Å². The zero-order valence-electron chi connectivity index (χ0n) is 12.3. The van der Waals surface area contributed by atoms with Crippen molar-refractivity contribution in [3.05, 3.63) is 52.5 Å². The first-order chi connectivity index (χ1) is 10.3. The summed E-state index contributed by atoms with van der Waals surface area (Å²) in [6, 6.07) is 8.81. The number of hydrogen-bond acceptors (Lipinski definition) is 4. The summed E-state index contributed by atoms with van der Waals surface area (Å²) in [4.78, 5) is 11.2. The van der Waals surface area contributed by atoms with Gasteiger partial charge >= 0.3 is 0 Å². The van der Waals surface area contributed by atoms with E-state index in [2.05, 4.69) is 57.9 Å². The molecule has 0 aliphatic carbocycles. The Kier molecular flexibility index (Phi) is 4.34. The normalized spacial score (nSPS) is 13.1. The molecule has 110 valence electrons. The third-order valence-corrected chi connectivity index (χ3v) is 4.66. The molecule has 0 aliphatic heterocycles. The van der Waals surface area contributed by atoms with Gasteiger partial charge in [-0.3, -0.25) is 0 Å².